The molecule has 5 nitrogen and oxygen atoms in total. The zero-order chi connectivity index (χ0) is 9.38. The molecule has 72 valence electrons. The lowest BCUT2D eigenvalue weighted by molar-refractivity contribution is 0.0596. The van der Waals surface area contributed by atoms with E-state index in [1.807, 2.05) is 4.57 Å². The van der Waals surface area contributed by atoms with Crippen LogP contribution in [0.2, 0.25) is 0 Å². The molecule has 0 bridgehead atoms. The molecule has 0 N–H and O–H groups in total. The van der Waals surface area contributed by atoms with Crippen LogP contribution < -0.4 is 0 Å². The standard InChI is InChI=1S/C9H10N4O/c1-2-8(14-3-1)13-6-12-9-7(13)4-10-5-11-9/h4-6,8H,1-3H2. The summed E-state index contributed by atoms with van der Waals surface area (Å²) in [5.74, 6) is 0. The lowest BCUT2D eigenvalue weighted by Crippen LogP contribution is -2.05. The van der Waals surface area contributed by atoms with E-state index in [4.69, 9.17) is 4.74 Å². The van der Waals surface area contributed by atoms with Crippen molar-refractivity contribution in [3.05, 3.63) is 18.9 Å². The molecule has 2 aromatic heterocycles. The summed E-state index contributed by atoms with van der Waals surface area (Å²) in [6, 6.07) is 0. The summed E-state index contributed by atoms with van der Waals surface area (Å²) in [5, 5.41) is 0. The summed E-state index contributed by atoms with van der Waals surface area (Å²) in [5.41, 5.74) is 1.68. The van der Waals surface area contributed by atoms with Crippen LogP contribution in [-0.2, 0) is 4.74 Å². The fourth-order valence-electron chi connectivity index (χ4n) is 1.79. The second-order valence-corrected chi connectivity index (χ2v) is 3.35. The first-order valence-electron chi connectivity index (χ1n) is 4.69. The zero-order valence-electron chi connectivity index (χ0n) is 7.63. The fourth-order valence-corrected chi connectivity index (χ4v) is 1.79. The second-order valence-electron chi connectivity index (χ2n) is 3.35. The molecule has 2 aromatic rings. The predicted molar refractivity (Wildman–Crippen MR) is 49.5 cm³/mol. The van der Waals surface area contributed by atoms with Crippen molar-refractivity contribution >= 4 is 11.2 Å². The molecule has 14 heavy (non-hydrogen) atoms. The molecule has 0 radical (unpaired) electrons. The minimum atomic E-state index is 0.117. The number of hydrogen-bond donors (Lipinski definition) is 0. The molecular formula is C9H10N4O. The van der Waals surface area contributed by atoms with Gasteiger partial charge >= 0.3 is 0 Å². The monoisotopic (exact) mass is 190 g/mol. The largest absolute Gasteiger partial charge is 0.358 e. The predicted octanol–water partition coefficient (Wildman–Crippen LogP) is 1.14. The van der Waals surface area contributed by atoms with Crippen LogP contribution >= 0.6 is 0 Å². The Balaban J connectivity index is 2.11. The minimum absolute atomic E-state index is 0.117. The highest BCUT2D eigenvalue weighted by Crippen LogP contribution is 2.25. The summed E-state index contributed by atoms with van der Waals surface area (Å²) in [6.45, 7) is 0.831. The zero-order valence-corrected chi connectivity index (χ0v) is 7.63. The van der Waals surface area contributed by atoms with E-state index in [9.17, 15) is 0 Å². The number of ether oxygens (including phenoxy) is 1. The molecule has 5 heteroatoms. The van der Waals surface area contributed by atoms with Crippen LogP contribution in [0.15, 0.2) is 18.9 Å². The van der Waals surface area contributed by atoms with Crippen molar-refractivity contribution in [2.75, 3.05) is 6.61 Å². The average molecular weight is 190 g/mol. The van der Waals surface area contributed by atoms with Gasteiger partial charge < -0.3 is 9.30 Å². The molecule has 1 aliphatic heterocycles. The molecule has 1 atom stereocenters. The van der Waals surface area contributed by atoms with Gasteiger partial charge in [0.05, 0.1) is 12.5 Å². The molecule has 0 aliphatic carbocycles. The van der Waals surface area contributed by atoms with Gasteiger partial charge in [0, 0.05) is 6.61 Å². The van der Waals surface area contributed by atoms with Gasteiger partial charge in [-0.1, -0.05) is 0 Å². The van der Waals surface area contributed by atoms with Gasteiger partial charge in [0.15, 0.2) is 5.65 Å². The first kappa shape index (κ1) is 7.87. The third-order valence-corrected chi connectivity index (χ3v) is 2.47. The fraction of sp³-hybridized carbons (Fsp3) is 0.444. The van der Waals surface area contributed by atoms with E-state index in [0.29, 0.717) is 0 Å². The van der Waals surface area contributed by atoms with Crippen molar-refractivity contribution in [1.82, 2.24) is 19.5 Å². The first-order chi connectivity index (χ1) is 6.95. The molecule has 0 aromatic carbocycles. The number of aromatic nitrogens is 4. The van der Waals surface area contributed by atoms with E-state index < -0.39 is 0 Å². The normalized spacial score (nSPS) is 21.9. The maximum Gasteiger partial charge on any atom is 0.180 e. The van der Waals surface area contributed by atoms with Crippen LogP contribution in [0.1, 0.15) is 19.1 Å². The van der Waals surface area contributed by atoms with Crippen molar-refractivity contribution < 1.29 is 4.74 Å². The molecule has 3 heterocycles. The van der Waals surface area contributed by atoms with E-state index in [-0.39, 0.29) is 6.23 Å². The Kier molecular flexibility index (Phi) is 1.70. The van der Waals surface area contributed by atoms with E-state index >= 15 is 0 Å². The summed E-state index contributed by atoms with van der Waals surface area (Å²) in [6.07, 6.45) is 7.32. The Hall–Kier alpha value is -1.49. The Morgan fingerprint density at radius 2 is 2.43 bits per heavy atom. The highest BCUT2D eigenvalue weighted by Gasteiger charge is 2.19. The number of hydrogen-bond acceptors (Lipinski definition) is 4. The maximum absolute atomic E-state index is 5.57. The lowest BCUT2D eigenvalue weighted by atomic mass is 10.3. The summed E-state index contributed by atoms with van der Waals surface area (Å²) >= 11 is 0. The van der Waals surface area contributed by atoms with Gasteiger partial charge in [0.1, 0.15) is 18.1 Å². The van der Waals surface area contributed by atoms with Crippen LogP contribution in [0, 0.1) is 0 Å². The van der Waals surface area contributed by atoms with Crippen molar-refractivity contribution in [2.24, 2.45) is 0 Å². The van der Waals surface area contributed by atoms with Gasteiger partial charge in [-0.15, -0.1) is 0 Å². The van der Waals surface area contributed by atoms with Gasteiger partial charge in [-0.25, -0.2) is 15.0 Å². The Morgan fingerprint density at radius 3 is 3.29 bits per heavy atom. The maximum atomic E-state index is 5.57. The molecular weight excluding hydrogens is 180 g/mol. The van der Waals surface area contributed by atoms with Gasteiger partial charge in [0.2, 0.25) is 0 Å². The summed E-state index contributed by atoms with van der Waals surface area (Å²) in [7, 11) is 0. The van der Waals surface area contributed by atoms with E-state index in [2.05, 4.69) is 15.0 Å². The number of imidazole rings is 1. The van der Waals surface area contributed by atoms with Gasteiger partial charge in [0.25, 0.3) is 0 Å². The molecule has 0 saturated carbocycles. The number of nitrogens with zero attached hydrogens (tertiary/aromatic N) is 4. The molecule has 3 rings (SSSR count). The van der Waals surface area contributed by atoms with E-state index in [0.717, 1.165) is 30.6 Å². The second kappa shape index (κ2) is 3.02. The molecule has 1 unspecified atom stereocenters. The number of rotatable bonds is 1. The summed E-state index contributed by atoms with van der Waals surface area (Å²) in [4.78, 5) is 12.3. The minimum Gasteiger partial charge on any atom is -0.358 e. The van der Waals surface area contributed by atoms with Crippen molar-refractivity contribution in [3.63, 3.8) is 0 Å². The molecule has 1 aliphatic rings. The van der Waals surface area contributed by atoms with Crippen LogP contribution in [-0.4, -0.2) is 26.1 Å². The van der Waals surface area contributed by atoms with E-state index in [1.54, 1.807) is 12.5 Å². The third kappa shape index (κ3) is 1.09. The molecule has 1 saturated heterocycles. The van der Waals surface area contributed by atoms with Crippen molar-refractivity contribution in [2.45, 2.75) is 19.1 Å². The first-order valence-corrected chi connectivity index (χ1v) is 4.69. The molecule has 1 fully saturated rings. The Bertz CT molecular complexity index is 447. The van der Waals surface area contributed by atoms with Crippen molar-refractivity contribution in [1.29, 1.82) is 0 Å². The smallest absolute Gasteiger partial charge is 0.180 e. The van der Waals surface area contributed by atoms with Crippen LogP contribution in [0.25, 0.3) is 11.2 Å². The highest BCUT2D eigenvalue weighted by atomic mass is 16.5. The van der Waals surface area contributed by atoms with Gasteiger partial charge in [-0.05, 0) is 12.8 Å². The van der Waals surface area contributed by atoms with Gasteiger partial charge in [-0.3, -0.25) is 0 Å². The SMILES string of the molecule is c1ncc2c(n1)ncn2C1CCCO1. The van der Waals surface area contributed by atoms with E-state index in [1.165, 1.54) is 6.33 Å². The van der Waals surface area contributed by atoms with Crippen LogP contribution in [0.4, 0.5) is 0 Å². The Labute approximate surface area is 80.8 Å². The van der Waals surface area contributed by atoms with Crippen LogP contribution in [0.3, 0.4) is 0 Å². The summed E-state index contributed by atoms with van der Waals surface area (Å²) < 4.78 is 7.58. The quantitative estimate of drug-likeness (QED) is 0.676. The highest BCUT2D eigenvalue weighted by molar-refractivity contribution is 5.69. The molecule has 0 amide bonds. The molecule has 0 spiro atoms. The third-order valence-electron chi connectivity index (χ3n) is 2.47. The topological polar surface area (TPSA) is 52.8 Å². The van der Waals surface area contributed by atoms with Gasteiger partial charge in [-0.2, -0.15) is 0 Å². The number of fused-ring (bicyclic) bond motifs is 1. The van der Waals surface area contributed by atoms with Crippen molar-refractivity contribution in [3.8, 4) is 0 Å². The average Bonchev–Trinajstić information content (AvgIpc) is 2.85. The van der Waals surface area contributed by atoms with Crippen LogP contribution in [0.5, 0.6) is 0 Å². The Morgan fingerprint density at radius 1 is 1.43 bits per heavy atom. The lowest BCUT2D eigenvalue weighted by Gasteiger charge is -2.10.